The number of nitrogens with one attached hydrogen (secondary N) is 2. The first-order valence-electron chi connectivity index (χ1n) is 5.94. The highest BCUT2D eigenvalue weighted by Gasteiger charge is 2.12. The maximum Gasteiger partial charge on any atom is 0.223 e. The molecule has 0 saturated heterocycles. The fourth-order valence-corrected chi connectivity index (χ4v) is 3.02. The summed E-state index contributed by atoms with van der Waals surface area (Å²) < 4.78 is 0. The van der Waals surface area contributed by atoms with Crippen molar-refractivity contribution in [1.82, 2.24) is 9.97 Å². The summed E-state index contributed by atoms with van der Waals surface area (Å²) in [5, 5.41) is 3.31. The lowest BCUT2D eigenvalue weighted by molar-refractivity contribution is 0.870. The number of rotatable bonds is 4. The van der Waals surface area contributed by atoms with Crippen LogP contribution in [0.2, 0.25) is 0 Å². The Morgan fingerprint density at radius 1 is 1.21 bits per heavy atom. The van der Waals surface area contributed by atoms with Crippen LogP contribution in [-0.2, 0) is 0 Å². The van der Waals surface area contributed by atoms with E-state index < -0.39 is 0 Å². The van der Waals surface area contributed by atoms with Crippen LogP contribution in [0.3, 0.4) is 0 Å². The van der Waals surface area contributed by atoms with E-state index in [1.165, 1.54) is 15.3 Å². The zero-order valence-electron chi connectivity index (χ0n) is 11.2. The van der Waals surface area contributed by atoms with Crippen molar-refractivity contribution in [2.45, 2.75) is 26.8 Å². The fourth-order valence-electron chi connectivity index (χ4n) is 1.99. The molecule has 2 aromatic heterocycles. The van der Waals surface area contributed by atoms with E-state index in [-0.39, 0.29) is 12.0 Å². The van der Waals surface area contributed by atoms with Crippen molar-refractivity contribution < 1.29 is 0 Å². The SMILES string of the molecule is Cc1cc(C(C)Nc2cc(NN)nc(N)n2)c(C)s1. The van der Waals surface area contributed by atoms with Crippen molar-refractivity contribution in [1.29, 1.82) is 0 Å². The van der Waals surface area contributed by atoms with Gasteiger partial charge in [0.25, 0.3) is 0 Å². The van der Waals surface area contributed by atoms with Gasteiger partial charge in [-0.1, -0.05) is 0 Å². The van der Waals surface area contributed by atoms with Crippen LogP contribution in [0.15, 0.2) is 12.1 Å². The van der Waals surface area contributed by atoms with Crippen LogP contribution in [0, 0.1) is 13.8 Å². The van der Waals surface area contributed by atoms with E-state index in [2.05, 4.69) is 47.5 Å². The number of aromatic nitrogens is 2. The Bertz CT molecular complexity index is 580. The smallest absolute Gasteiger partial charge is 0.223 e. The predicted molar refractivity (Wildman–Crippen MR) is 80.1 cm³/mol. The Balaban J connectivity index is 2.21. The van der Waals surface area contributed by atoms with E-state index in [0.29, 0.717) is 11.6 Å². The second-order valence-corrected chi connectivity index (χ2v) is 5.84. The largest absolute Gasteiger partial charge is 0.368 e. The van der Waals surface area contributed by atoms with Crippen LogP contribution >= 0.6 is 11.3 Å². The minimum atomic E-state index is 0.143. The molecule has 2 rings (SSSR count). The van der Waals surface area contributed by atoms with E-state index in [4.69, 9.17) is 11.6 Å². The van der Waals surface area contributed by atoms with Crippen molar-refractivity contribution in [3.05, 3.63) is 27.5 Å². The number of hydrazine groups is 1. The maximum atomic E-state index is 5.63. The molecule has 2 aromatic rings. The van der Waals surface area contributed by atoms with Crippen LogP contribution in [-0.4, -0.2) is 9.97 Å². The molecule has 7 heteroatoms. The monoisotopic (exact) mass is 278 g/mol. The molecule has 6 nitrogen and oxygen atoms in total. The number of aryl methyl sites for hydroxylation is 2. The third kappa shape index (κ3) is 3.12. The molecule has 6 N–H and O–H groups in total. The molecular formula is C12H18N6S. The Morgan fingerprint density at radius 2 is 1.89 bits per heavy atom. The van der Waals surface area contributed by atoms with Gasteiger partial charge in [0.05, 0.1) is 6.04 Å². The van der Waals surface area contributed by atoms with E-state index in [0.717, 1.165) is 0 Å². The summed E-state index contributed by atoms with van der Waals surface area (Å²) in [7, 11) is 0. The third-order valence-corrected chi connectivity index (χ3v) is 3.78. The van der Waals surface area contributed by atoms with Gasteiger partial charge in [-0.2, -0.15) is 9.97 Å². The molecule has 0 aliphatic carbocycles. The first-order valence-corrected chi connectivity index (χ1v) is 6.76. The minimum absolute atomic E-state index is 0.143. The molecule has 19 heavy (non-hydrogen) atoms. The molecule has 0 aliphatic rings. The first kappa shape index (κ1) is 13.6. The minimum Gasteiger partial charge on any atom is -0.368 e. The van der Waals surface area contributed by atoms with Gasteiger partial charge in [-0.05, 0) is 32.4 Å². The number of nitrogens with zero attached hydrogens (tertiary/aromatic N) is 2. The molecule has 0 radical (unpaired) electrons. The zero-order chi connectivity index (χ0) is 14.0. The average molecular weight is 278 g/mol. The fraction of sp³-hybridized carbons (Fsp3) is 0.333. The number of thiophene rings is 1. The quantitative estimate of drug-likeness (QED) is 0.505. The lowest BCUT2D eigenvalue weighted by Crippen LogP contribution is -2.13. The van der Waals surface area contributed by atoms with Crippen molar-refractivity contribution in [3.8, 4) is 0 Å². The van der Waals surface area contributed by atoms with Gasteiger partial charge in [0.15, 0.2) is 0 Å². The molecule has 0 bridgehead atoms. The van der Waals surface area contributed by atoms with Crippen LogP contribution < -0.4 is 22.3 Å². The summed E-state index contributed by atoms with van der Waals surface area (Å²) in [6, 6.07) is 4.05. The molecule has 0 aromatic carbocycles. The lowest BCUT2D eigenvalue weighted by atomic mass is 10.1. The average Bonchev–Trinajstić information content (AvgIpc) is 2.67. The predicted octanol–water partition coefficient (Wildman–Crippen LogP) is 2.20. The highest BCUT2D eigenvalue weighted by Crippen LogP contribution is 2.28. The van der Waals surface area contributed by atoms with Crippen molar-refractivity contribution >= 4 is 28.9 Å². The summed E-state index contributed by atoms with van der Waals surface area (Å²) in [5.74, 6) is 6.65. The maximum absolute atomic E-state index is 5.63. The molecule has 0 aliphatic heterocycles. The number of hydrogen-bond acceptors (Lipinski definition) is 7. The van der Waals surface area contributed by atoms with Gasteiger partial charge in [-0.15, -0.1) is 11.3 Å². The zero-order valence-corrected chi connectivity index (χ0v) is 12.0. The van der Waals surface area contributed by atoms with Gasteiger partial charge in [-0.25, -0.2) is 5.84 Å². The Morgan fingerprint density at radius 3 is 2.47 bits per heavy atom. The molecule has 2 heterocycles. The number of anilines is 3. The standard InChI is InChI=1S/C12H18N6S/c1-6-4-9(8(3)19-6)7(2)15-10-5-11(18-14)17-12(13)16-10/h4-5,7H,14H2,1-3H3,(H4,13,15,16,17,18). The van der Waals surface area contributed by atoms with Crippen LogP contribution in [0.5, 0.6) is 0 Å². The van der Waals surface area contributed by atoms with Gasteiger partial charge in [0.2, 0.25) is 5.95 Å². The van der Waals surface area contributed by atoms with Gasteiger partial charge in [0.1, 0.15) is 11.6 Å². The van der Waals surface area contributed by atoms with Crippen molar-refractivity contribution in [3.63, 3.8) is 0 Å². The van der Waals surface area contributed by atoms with Gasteiger partial charge >= 0.3 is 0 Å². The highest BCUT2D eigenvalue weighted by atomic mass is 32.1. The molecule has 0 amide bonds. The Kier molecular flexibility index (Phi) is 3.87. The number of hydrogen-bond donors (Lipinski definition) is 4. The molecule has 102 valence electrons. The summed E-state index contributed by atoms with van der Waals surface area (Å²) in [4.78, 5) is 10.7. The summed E-state index contributed by atoms with van der Waals surface area (Å²) in [5.41, 5.74) is 9.36. The van der Waals surface area contributed by atoms with E-state index in [1.54, 1.807) is 17.4 Å². The number of nitrogens with two attached hydrogens (primary N) is 2. The molecule has 0 saturated carbocycles. The molecule has 0 spiro atoms. The van der Waals surface area contributed by atoms with E-state index >= 15 is 0 Å². The Hall–Kier alpha value is -1.86. The Labute approximate surface area is 116 Å². The van der Waals surface area contributed by atoms with E-state index in [9.17, 15) is 0 Å². The van der Waals surface area contributed by atoms with Gasteiger partial charge < -0.3 is 16.5 Å². The normalized spacial score (nSPS) is 12.2. The highest BCUT2D eigenvalue weighted by molar-refractivity contribution is 7.12. The molecular weight excluding hydrogens is 260 g/mol. The first-order chi connectivity index (χ1) is 8.99. The lowest BCUT2D eigenvalue weighted by Gasteiger charge is -2.15. The van der Waals surface area contributed by atoms with Crippen LogP contribution in [0.1, 0.15) is 28.3 Å². The topological polar surface area (TPSA) is 102 Å². The molecule has 1 unspecified atom stereocenters. The van der Waals surface area contributed by atoms with Crippen LogP contribution in [0.4, 0.5) is 17.6 Å². The van der Waals surface area contributed by atoms with Gasteiger partial charge in [0, 0.05) is 15.8 Å². The van der Waals surface area contributed by atoms with Crippen molar-refractivity contribution in [2.24, 2.45) is 5.84 Å². The molecule has 0 fully saturated rings. The number of nitrogen functional groups attached to an aromatic ring is 2. The second-order valence-electron chi connectivity index (χ2n) is 4.38. The second kappa shape index (κ2) is 5.41. The van der Waals surface area contributed by atoms with Gasteiger partial charge in [-0.3, -0.25) is 0 Å². The summed E-state index contributed by atoms with van der Waals surface area (Å²) in [6.45, 7) is 6.31. The summed E-state index contributed by atoms with van der Waals surface area (Å²) >= 11 is 1.79. The van der Waals surface area contributed by atoms with Crippen LogP contribution in [0.25, 0.3) is 0 Å². The van der Waals surface area contributed by atoms with E-state index in [1.807, 2.05) is 0 Å². The molecule has 1 atom stereocenters. The summed E-state index contributed by atoms with van der Waals surface area (Å²) in [6.07, 6.45) is 0. The third-order valence-electron chi connectivity index (χ3n) is 2.80. The van der Waals surface area contributed by atoms with Crippen molar-refractivity contribution in [2.75, 3.05) is 16.5 Å².